The number of morpholine rings is 1. The highest BCUT2D eigenvalue weighted by atomic mass is 16.5. The fraction of sp³-hybridized carbons (Fsp3) is 0.688. The van der Waals surface area contributed by atoms with Crippen molar-refractivity contribution >= 4 is 11.7 Å². The lowest BCUT2D eigenvalue weighted by Crippen LogP contribution is -2.47. The van der Waals surface area contributed by atoms with Gasteiger partial charge in [-0.15, -0.1) is 0 Å². The second-order valence-corrected chi connectivity index (χ2v) is 6.14. The van der Waals surface area contributed by atoms with Crippen molar-refractivity contribution in [2.45, 2.75) is 18.9 Å². The highest BCUT2D eigenvalue weighted by Crippen LogP contribution is 2.17. The Morgan fingerprint density at radius 3 is 2.88 bits per heavy atom. The number of carbonyl (C=O) groups is 1. The fourth-order valence-corrected chi connectivity index (χ4v) is 3.09. The number of hydrogen-bond acceptors (Lipinski definition) is 7. The zero-order valence-electron chi connectivity index (χ0n) is 14.1. The Labute approximate surface area is 142 Å². The molecule has 8 nitrogen and oxygen atoms in total. The molecule has 0 atom stereocenters. The Balaban J connectivity index is 1.40. The number of aromatic nitrogens is 2. The van der Waals surface area contributed by atoms with Gasteiger partial charge in [0.1, 0.15) is 18.8 Å². The molecule has 0 aromatic carbocycles. The summed E-state index contributed by atoms with van der Waals surface area (Å²) in [5, 5.41) is 3.45. The molecule has 2 aliphatic rings. The SMILES string of the molecule is COc1cc(NC2CCN(CCN3CCOCC3=O)CC2)ncn1. The van der Waals surface area contributed by atoms with Gasteiger partial charge in [-0.25, -0.2) is 9.97 Å². The molecule has 24 heavy (non-hydrogen) atoms. The lowest BCUT2D eigenvalue weighted by atomic mass is 10.1. The molecule has 0 saturated carbocycles. The van der Waals surface area contributed by atoms with Gasteiger partial charge in [0.25, 0.3) is 0 Å². The van der Waals surface area contributed by atoms with E-state index < -0.39 is 0 Å². The third kappa shape index (κ3) is 4.55. The van der Waals surface area contributed by atoms with Crippen LogP contribution in [0.25, 0.3) is 0 Å². The van der Waals surface area contributed by atoms with E-state index in [0.717, 1.165) is 44.8 Å². The number of nitrogens with one attached hydrogen (secondary N) is 1. The van der Waals surface area contributed by atoms with Gasteiger partial charge in [0.05, 0.1) is 13.7 Å². The second kappa shape index (κ2) is 8.25. The minimum absolute atomic E-state index is 0.107. The molecule has 0 spiro atoms. The van der Waals surface area contributed by atoms with Gasteiger partial charge in [-0.3, -0.25) is 4.79 Å². The lowest BCUT2D eigenvalue weighted by Gasteiger charge is -2.34. The van der Waals surface area contributed by atoms with E-state index in [9.17, 15) is 4.79 Å². The highest BCUT2D eigenvalue weighted by Gasteiger charge is 2.22. The summed E-state index contributed by atoms with van der Waals surface area (Å²) in [6.45, 7) is 5.38. The zero-order chi connectivity index (χ0) is 16.8. The average molecular weight is 335 g/mol. The fourth-order valence-electron chi connectivity index (χ4n) is 3.09. The van der Waals surface area contributed by atoms with Crippen LogP contribution in [0.15, 0.2) is 12.4 Å². The number of rotatable bonds is 6. The van der Waals surface area contributed by atoms with Crippen LogP contribution in [0.5, 0.6) is 5.88 Å². The number of hydrogen-bond donors (Lipinski definition) is 1. The Morgan fingerprint density at radius 2 is 2.12 bits per heavy atom. The minimum atomic E-state index is 0.107. The van der Waals surface area contributed by atoms with Crippen molar-refractivity contribution in [1.82, 2.24) is 19.8 Å². The van der Waals surface area contributed by atoms with E-state index >= 15 is 0 Å². The summed E-state index contributed by atoms with van der Waals surface area (Å²) < 4.78 is 10.3. The van der Waals surface area contributed by atoms with Crippen molar-refractivity contribution in [3.8, 4) is 5.88 Å². The molecule has 1 aromatic heterocycles. The van der Waals surface area contributed by atoms with Crippen molar-refractivity contribution in [2.75, 3.05) is 58.4 Å². The molecule has 1 aromatic rings. The number of likely N-dealkylation sites (tertiary alicyclic amines) is 1. The van der Waals surface area contributed by atoms with Crippen LogP contribution in [0.4, 0.5) is 5.82 Å². The molecule has 0 unspecified atom stereocenters. The summed E-state index contributed by atoms with van der Waals surface area (Å²) in [7, 11) is 1.60. The van der Waals surface area contributed by atoms with Gasteiger partial charge in [0, 0.05) is 44.8 Å². The Bertz CT molecular complexity index is 548. The van der Waals surface area contributed by atoms with E-state index in [4.69, 9.17) is 9.47 Å². The third-order valence-electron chi connectivity index (χ3n) is 4.56. The standard InChI is InChI=1S/C16H25N5O3/c1-23-15-10-14(17-12-18-15)19-13-2-4-20(5-3-13)6-7-21-8-9-24-11-16(21)22/h10,12-13H,2-9,11H2,1H3,(H,17,18,19). The molecular formula is C16H25N5O3. The smallest absolute Gasteiger partial charge is 0.248 e. The Hall–Kier alpha value is -1.93. The molecule has 3 heterocycles. The third-order valence-corrected chi connectivity index (χ3v) is 4.56. The molecule has 2 fully saturated rings. The quantitative estimate of drug-likeness (QED) is 0.796. The van der Waals surface area contributed by atoms with Gasteiger partial charge >= 0.3 is 0 Å². The topological polar surface area (TPSA) is 79.8 Å². The van der Waals surface area contributed by atoms with Gasteiger partial charge in [-0.05, 0) is 12.8 Å². The van der Waals surface area contributed by atoms with Crippen molar-refractivity contribution in [1.29, 1.82) is 0 Å². The largest absolute Gasteiger partial charge is 0.481 e. The molecule has 2 aliphatic heterocycles. The summed E-state index contributed by atoms with van der Waals surface area (Å²) in [6.07, 6.45) is 3.63. The molecule has 3 rings (SSSR count). The number of methoxy groups -OCH3 is 1. The molecule has 132 valence electrons. The second-order valence-electron chi connectivity index (χ2n) is 6.14. The van der Waals surface area contributed by atoms with E-state index in [-0.39, 0.29) is 12.5 Å². The maximum Gasteiger partial charge on any atom is 0.248 e. The molecular weight excluding hydrogens is 310 g/mol. The van der Waals surface area contributed by atoms with Gasteiger partial charge in [0.15, 0.2) is 0 Å². The normalized spacial score (nSPS) is 20.2. The molecule has 1 N–H and O–H groups in total. The predicted octanol–water partition coefficient (Wildman–Crippen LogP) is 0.220. The van der Waals surface area contributed by atoms with E-state index in [1.807, 2.05) is 11.0 Å². The van der Waals surface area contributed by atoms with Crippen LogP contribution in [0.2, 0.25) is 0 Å². The number of anilines is 1. The minimum Gasteiger partial charge on any atom is -0.481 e. The van der Waals surface area contributed by atoms with Crippen LogP contribution in [0.3, 0.4) is 0 Å². The van der Waals surface area contributed by atoms with E-state index in [2.05, 4.69) is 20.2 Å². The van der Waals surface area contributed by atoms with Crippen LogP contribution in [0, 0.1) is 0 Å². The first-order chi connectivity index (χ1) is 11.7. The Morgan fingerprint density at radius 1 is 1.29 bits per heavy atom. The zero-order valence-corrected chi connectivity index (χ0v) is 14.1. The molecule has 8 heteroatoms. The highest BCUT2D eigenvalue weighted by molar-refractivity contribution is 5.77. The van der Waals surface area contributed by atoms with E-state index in [1.165, 1.54) is 6.33 Å². The maximum absolute atomic E-state index is 11.7. The van der Waals surface area contributed by atoms with Crippen LogP contribution in [-0.2, 0) is 9.53 Å². The number of piperidine rings is 1. The monoisotopic (exact) mass is 335 g/mol. The van der Waals surface area contributed by atoms with E-state index in [1.54, 1.807) is 7.11 Å². The average Bonchev–Trinajstić information content (AvgIpc) is 2.62. The number of amides is 1. The molecule has 2 saturated heterocycles. The van der Waals surface area contributed by atoms with Crippen molar-refractivity contribution in [2.24, 2.45) is 0 Å². The van der Waals surface area contributed by atoms with Gasteiger partial charge in [-0.1, -0.05) is 0 Å². The molecule has 0 radical (unpaired) electrons. The summed E-state index contributed by atoms with van der Waals surface area (Å²) in [5.74, 6) is 1.48. The van der Waals surface area contributed by atoms with E-state index in [0.29, 0.717) is 25.1 Å². The van der Waals surface area contributed by atoms with Crippen LogP contribution in [-0.4, -0.2) is 84.8 Å². The van der Waals surface area contributed by atoms with Crippen molar-refractivity contribution in [3.05, 3.63) is 12.4 Å². The summed E-state index contributed by atoms with van der Waals surface area (Å²) in [4.78, 5) is 24.3. The lowest BCUT2D eigenvalue weighted by molar-refractivity contribution is -0.142. The van der Waals surface area contributed by atoms with Crippen LogP contribution < -0.4 is 10.1 Å². The predicted molar refractivity (Wildman–Crippen MR) is 89.1 cm³/mol. The van der Waals surface area contributed by atoms with Crippen LogP contribution >= 0.6 is 0 Å². The van der Waals surface area contributed by atoms with Gasteiger partial charge in [0.2, 0.25) is 11.8 Å². The summed E-state index contributed by atoms with van der Waals surface area (Å²) >= 11 is 0. The van der Waals surface area contributed by atoms with Crippen molar-refractivity contribution in [3.63, 3.8) is 0 Å². The first-order valence-electron chi connectivity index (χ1n) is 8.45. The first-order valence-corrected chi connectivity index (χ1v) is 8.45. The van der Waals surface area contributed by atoms with Crippen molar-refractivity contribution < 1.29 is 14.3 Å². The van der Waals surface area contributed by atoms with Crippen LogP contribution in [0.1, 0.15) is 12.8 Å². The molecule has 0 bridgehead atoms. The maximum atomic E-state index is 11.7. The number of carbonyl (C=O) groups excluding carboxylic acids is 1. The summed E-state index contributed by atoms with van der Waals surface area (Å²) in [5.41, 5.74) is 0. The summed E-state index contributed by atoms with van der Waals surface area (Å²) in [6, 6.07) is 2.22. The van der Waals surface area contributed by atoms with Gasteiger partial charge in [-0.2, -0.15) is 0 Å². The number of ether oxygens (including phenoxy) is 2. The molecule has 0 aliphatic carbocycles. The van der Waals surface area contributed by atoms with Gasteiger partial charge < -0.3 is 24.6 Å². The number of nitrogens with zero attached hydrogens (tertiary/aromatic N) is 4. The first kappa shape index (κ1) is 16.9. The Kier molecular flexibility index (Phi) is 5.81. The molecule has 1 amide bonds.